The summed E-state index contributed by atoms with van der Waals surface area (Å²) in [6.45, 7) is 28.0. The molecule has 0 amide bonds. The largest absolute Gasteiger partial charge is 0.0602 e. The van der Waals surface area contributed by atoms with E-state index in [2.05, 4.69) is 83.1 Å². The van der Waals surface area contributed by atoms with Crippen LogP contribution in [0.3, 0.4) is 0 Å². The summed E-state index contributed by atoms with van der Waals surface area (Å²) in [5, 5.41) is 0. The van der Waals surface area contributed by atoms with Crippen molar-refractivity contribution in [3.8, 4) is 0 Å². The second kappa shape index (κ2) is 14.1. The van der Waals surface area contributed by atoms with Crippen LogP contribution in [0.1, 0.15) is 160 Å². The molecule has 0 N–H and O–H groups in total. The van der Waals surface area contributed by atoms with Crippen molar-refractivity contribution in [3.63, 3.8) is 0 Å². The minimum Gasteiger partial charge on any atom is -0.0602 e. The van der Waals surface area contributed by atoms with E-state index in [1.807, 2.05) is 0 Å². The molecule has 28 heavy (non-hydrogen) atoms. The van der Waals surface area contributed by atoms with Gasteiger partial charge in [0.15, 0.2) is 0 Å². The molecule has 0 fully saturated rings. The summed E-state index contributed by atoms with van der Waals surface area (Å²) >= 11 is 0. The maximum absolute atomic E-state index is 2.34. The van der Waals surface area contributed by atoms with Gasteiger partial charge in [0.25, 0.3) is 0 Å². The third-order valence-electron chi connectivity index (χ3n) is 5.21. The van der Waals surface area contributed by atoms with Crippen LogP contribution in [0.5, 0.6) is 0 Å². The van der Waals surface area contributed by atoms with Crippen LogP contribution < -0.4 is 0 Å². The zero-order chi connectivity index (χ0) is 22.5. The molecule has 0 atom stereocenters. The minimum absolute atomic E-state index is 0.532. The van der Waals surface area contributed by atoms with Gasteiger partial charge >= 0.3 is 0 Å². The Labute approximate surface area is 182 Å². The van der Waals surface area contributed by atoms with Crippen molar-refractivity contribution in [1.29, 1.82) is 0 Å². The molecule has 172 valence electrons. The fourth-order valence-electron chi connectivity index (χ4n) is 3.33. The monoisotopic (exact) mass is 396 g/mol. The van der Waals surface area contributed by atoms with Crippen LogP contribution in [0.15, 0.2) is 0 Å². The van der Waals surface area contributed by atoms with Gasteiger partial charge in [-0.2, -0.15) is 0 Å². The summed E-state index contributed by atoms with van der Waals surface area (Å²) in [6, 6.07) is 0. The van der Waals surface area contributed by atoms with E-state index >= 15 is 0 Å². The van der Waals surface area contributed by atoms with Gasteiger partial charge in [-0.3, -0.25) is 0 Å². The molecule has 0 aromatic rings. The van der Waals surface area contributed by atoms with E-state index in [0.717, 1.165) is 0 Å². The van der Waals surface area contributed by atoms with E-state index in [-0.39, 0.29) is 0 Å². The fraction of sp³-hybridized carbons (Fsp3) is 1.00. The summed E-state index contributed by atoms with van der Waals surface area (Å²) in [5.74, 6) is 0. The normalized spacial score (nSPS) is 13.3. The smallest absolute Gasteiger partial charge is 0.0383 e. The zero-order valence-corrected chi connectivity index (χ0v) is 22.5. The minimum atomic E-state index is 0.532. The van der Waals surface area contributed by atoms with Crippen LogP contribution in [-0.4, -0.2) is 0 Å². The Bertz CT molecular complexity index is 262. The predicted molar refractivity (Wildman–Crippen MR) is 133 cm³/mol. The molecular formula is C28H60. The molecule has 0 saturated heterocycles. The predicted octanol–water partition coefficient (Wildman–Crippen LogP) is 10.8. The molecule has 0 aromatic carbocycles. The van der Waals surface area contributed by atoms with Gasteiger partial charge in [-0.15, -0.1) is 0 Å². The highest BCUT2D eigenvalue weighted by Gasteiger charge is 2.12. The van der Waals surface area contributed by atoms with Gasteiger partial charge in [0.1, 0.15) is 0 Å². The van der Waals surface area contributed by atoms with Crippen LogP contribution >= 0.6 is 0 Å². The number of unbranched alkanes of at least 4 members (excludes halogenated alkanes) is 6. The molecule has 0 radical (unpaired) electrons. The Morgan fingerprint density at radius 1 is 0.250 bits per heavy atom. The molecule has 0 bridgehead atoms. The van der Waals surface area contributed by atoms with Gasteiger partial charge in [-0.1, -0.05) is 134 Å². The Morgan fingerprint density at radius 3 is 0.500 bits per heavy atom. The molecule has 0 heterocycles. The summed E-state index contributed by atoms with van der Waals surface area (Å²) in [4.78, 5) is 0. The van der Waals surface area contributed by atoms with Gasteiger partial charge in [0.05, 0.1) is 0 Å². The molecule has 0 aliphatic heterocycles. The summed E-state index contributed by atoms with van der Waals surface area (Å²) in [7, 11) is 0. The van der Waals surface area contributed by atoms with E-state index in [1.165, 1.54) is 77.0 Å². The molecular weight excluding hydrogens is 336 g/mol. The standard InChI is InChI=1S/2C14H30/c2*1-13(2,3)11-9-7-8-10-12-14(4,5)6/h2*7-12H2,1-6H3. The van der Waals surface area contributed by atoms with E-state index in [0.29, 0.717) is 21.7 Å². The molecule has 0 heteroatoms. The first kappa shape index (κ1) is 30.2. The number of rotatable bonds is 10. The quantitative estimate of drug-likeness (QED) is 0.322. The highest BCUT2D eigenvalue weighted by molar-refractivity contribution is 4.64. The van der Waals surface area contributed by atoms with Crippen molar-refractivity contribution in [3.05, 3.63) is 0 Å². The van der Waals surface area contributed by atoms with Crippen molar-refractivity contribution in [1.82, 2.24) is 0 Å². The molecule has 0 aliphatic carbocycles. The third kappa shape index (κ3) is 33.6. The van der Waals surface area contributed by atoms with Crippen molar-refractivity contribution >= 4 is 0 Å². The van der Waals surface area contributed by atoms with E-state index in [4.69, 9.17) is 0 Å². The van der Waals surface area contributed by atoms with Gasteiger partial charge in [0.2, 0.25) is 0 Å². The Kier molecular flexibility index (Phi) is 15.2. The Balaban J connectivity index is 0. The topological polar surface area (TPSA) is 0 Å². The first-order valence-corrected chi connectivity index (χ1v) is 12.4. The molecule has 0 aliphatic rings. The lowest BCUT2D eigenvalue weighted by Gasteiger charge is -2.19. The zero-order valence-electron chi connectivity index (χ0n) is 22.5. The Morgan fingerprint density at radius 2 is 0.393 bits per heavy atom. The van der Waals surface area contributed by atoms with Crippen molar-refractivity contribution in [2.75, 3.05) is 0 Å². The van der Waals surface area contributed by atoms with Crippen LogP contribution in [0.2, 0.25) is 0 Å². The highest BCUT2D eigenvalue weighted by atomic mass is 14.2. The first-order chi connectivity index (χ1) is 12.4. The van der Waals surface area contributed by atoms with Gasteiger partial charge in [-0.25, -0.2) is 0 Å². The number of hydrogen-bond donors (Lipinski definition) is 0. The SMILES string of the molecule is CC(C)(C)CCCCCCC(C)(C)C.CC(C)(C)CCCCCCC(C)(C)C. The average molecular weight is 397 g/mol. The van der Waals surface area contributed by atoms with Crippen molar-refractivity contribution < 1.29 is 0 Å². The van der Waals surface area contributed by atoms with Gasteiger partial charge < -0.3 is 0 Å². The van der Waals surface area contributed by atoms with Crippen LogP contribution in [-0.2, 0) is 0 Å². The third-order valence-corrected chi connectivity index (χ3v) is 5.21. The molecule has 0 nitrogen and oxygen atoms in total. The molecule has 0 aromatic heterocycles. The second-order valence-corrected chi connectivity index (χ2v) is 14.1. The van der Waals surface area contributed by atoms with Crippen molar-refractivity contribution in [2.45, 2.75) is 160 Å². The average Bonchev–Trinajstić information content (AvgIpc) is 2.43. The summed E-state index contributed by atoms with van der Waals surface area (Å²) < 4.78 is 0. The molecule has 0 saturated carbocycles. The molecule has 0 rings (SSSR count). The molecule has 0 unspecified atom stereocenters. The fourth-order valence-corrected chi connectivity index (χ4v) is 3.33. The highest BCUT2D eigenvalue weighted by Crippen LogP contribution is 2.26. The maximum Gasteiger partial charge on any atom is -0.0383 e. The summed E-state index contributed by atoms with van der Waals surface area (Å²) in [6.07, 6.45) is 16.8. The van der Waals surface area contributed by atoms with Crippen LogP contribution in [0.4, 0.5) is 0 Å². The lowest BCUT2D eigenvalue weighted by Crippen LogP contribution is -2.05. The maximum atomic E-state index is 2.34. The van der Waals surface area contributed by atoms with Gasteiger partial charge in [0, 0.05) is 0 Å². The first-order valence-electron chi connectivity index (χ1n) is 12.4. The summed E-state index contributed by atoms with van der Waals surface area (Å²) in [5.41, 5.74) is 2.13. The molecule has 0 spiro atoms. The van der Waals surface area contributed by atoms with Crippen LogP contribution in [0, 0.1) is 21.7 Å². The van der Waals surface area contributed by atoms with E-state index < -0.39 is 0 Å². The number of hydrogen-bond acceptors (Lipinski definition) is 0. The lowest BCUT2D eigenvalue weighted by molar-refractivity contribution is 0.337. The Hall–Kier alpha value is 0. The lowest BCUT2D eigenvalue weighted by atomic mass is 9.87. The van der Waals surface area contributed by atoms with E-state index in [1.54, 1.807) is 0 Å². The van der Waals surface area contributed by atoms with Gasteiger partial charge in [-0.05, 0) is 47.3 Å². The van der Waals surface area contributed by atoms with Crippen molar-refractivity contribution in [2.24, 2.45) is 21.7 Å². The van der Waals surface area contributed by atoms with Crippen LogP contribution in [0.25, 0.3) is 0 Å². The second-order valence-electron chi connectivity index (χ2n) is 14.1. The van der Waals surface area contributed by atoms with E-state index in [9.17, 15) is 0 Å².